The molecule has 1 amide bonds. The Kier molecular flexibility index (Phi) is 5.50. The molecule has 0 aliphatic rings. The summed E-state index contributed by atoms with van der Waals surface area (Å²) >= 11 is 5.90. The van der Waals surface area contributed by atoms with Crippen molar-refractivity contribution in [3.63, 3.8) is 0 Å². The lowest BCUT2D eigenvalue weighted by molar-refractivity contribution is 0.102. The van der Waals surface area contributed by atoms with E-state index in [0.717, 1.165) is 5.56 Å². The van der Waals surface area contributed by atoms with Gasteiger partial charge in [-0.25, -0.2) is 4.98 Å². The summed E-state index contributed by atoms with van der Waals surface area (Å²) in [5.74, 6) is 0.286. The number of nitrogens with one attached hydrogen (secondary N) is 2. The van der Waals surface area contributed by atoms with Crippen LogP contribution in [0, 0.1) is 0 Å². The van der Waals surface area contributed by atoms with Gasteiger partial charge in [-0.05, 0) is 30.3 Å². The van der Waals surface area contributed by atoms with E-state index in [4.69, 9.17) is 11.6 Å². The fourth-order valence-corrected chi connectivity index (χ4v) is 2.52. The third kappa shape index (κ3) is 4.59. The first kappa shape index (κ1) is 17.9. The van der Waals surface area contributed by atoms with Crippen LogP contribution in [0.2, 0.25) is 5.02 Å². The number of pyridine rings is 1. The number of hydrogen-bond donors (Lipinski definition) is 3. The van der Waals surface area contributed by atoms with E-state index in [1.54, 1.807) is 60.5 Å². The highest BCUT2D eigenvalue weighted by atomic mass is 35.5. The zero-order valence-electron chi connectivity index (χ0n) is 14.1. The van der Waals surface area contributed by atoms with Crippen LogP contribution in [-0.2, 0) is 7.05 Å². The molecule has 0 saturated carbocycles. The van der Waals surface area contributed by atoms with Crippen molar-refractivity contribution in [2.75, 3.05) is 17.2 Å². The first-order valence-corrected chi connectivity index (χ1v) is 8.32. The lowest BCUT2D eigenvalue weighted by atomic mass is 10.2. The lowest BCUT2D eigenvalue weighted by Crippen LogP contribution is -2.14. The van der Waals surface area contributed by atoms with E-state index in [1.807, 2.05) is 0 Å². The van der Waals surface area contributed by atoms with Gasteiger partial charge in [0.2, 0.25) is 0 Å². The van der Waals surface area contributed by atoms with Crippen LogP contribution in [-0.4, -0.2) is 32.3 Å². The van der Waals surface area contributed by atoms with E-state index >= 15 is 0 Å². The number of carbonyl (C=O) groups excluding carboxylic acids is 1. The van der Waals surface area contributed by atoms with Crippen molar-refractivity contribution >= 4 is 29.0 Å². The standard InChI is InChI=1S/C18H18ClN5O2/c1-24-11-13(9-22-24)16(25)10-21-17-6-5-12(8-20-17)18(26)23-15-4-2-3-14(19)7-15/h2-9,11,16,25H,10H2,1H3,(H,20,21)(H,23,26). The van der Waals surface area contributed by atoms with Gasteiger partial charge in [0.25, 0.3) is 5.91 Å². The van der Waals surface area contributed by atoms with Crippen molar-refractivity contribution in [1.82, 2.24) is 14.8 Å². The smallest absolute Gasteiger partial charge is 0.257 e. The quantitative estimate of drug-likeness (QED) is 0.619. The van der Waals surface area contributed by atoms with Gasteiger partial charge in [0.15, 0.2) is 0 Å². The van der Waals surface area contributed by atoms with Crippen LogP contribution < -0.4 is 10.6 Å². The largest absolute Gasteiger partial charge is 0.386 e. The number of carbonyl (C=O) groups is 1. The average molecular weight is 372 g/mol. The molecular formula is C18H18ClN5O2. The molecule has 1 unspecified atom stereocenters. The van der Waals surface area contributed by atoms with Crippen molar-refractivity contribution in [3.05, 3.63) is 71.1 Å². The maximum Gasteiger partial charge on any atom is 0.257 e. The monoisotopic (exact) mass is 371 g/mol. The summed E-state index contributed by atoms with van der Waals surface area (Å²) in [5.41, 5.74) is 1.75. The number of aryl methyl sites for hydroxylation is 1. The Hall–Kier alpha value is -2.90. The fourth-order valence-electron chi connectivity index (χ4n) is 2.33. The summed E-state index contributed by atoms with van der Waals surface area (Å²) < 4.78 is 1.63. The van der Waals surface area contributed by atoms with Crippen molar-refractivity contribution in [3.8, 4) is 0 Å². The van der Waals surface area contributed by atoms with Crippen molar-refractivity contribution < 1.29 is 9.90 Å². The molecule has 0 radical (unpaired) electrons. The van der Waals surface area contributed by atoms with Gasteiger partial charge in [-0.1, -0.05) is 17.7 Å². The molecule has 0 spiro atoms. The highest BCUT2D eigenvalue weighted by Crippen LogP contribution is 2.16. The topological polar surface area (TPSA) is 92.1 Å². The van der Waals surface area contributed by atoms with Crippen LogP contribution in [0.5, 0.6) is 0 Å². The minimum absolute atomic E-state index is 0.276. The van der Waals surface area contributed by atoms with Crippen molar-refractivity contribution in [2.45, 2.75) is 6.10 Å². The number of aliphatic hydroxyl groups is 1. The predicted molar refractivity (Wildman–Crippen MR) is 100 cm³/mol. The highest BCUT2D eigenvalue weighted by molar-refractivity contribution is 6.30. The number of anilines is 2. The van der Waals surface area contributed by atoms with Gasteiger partial charge in [0.1, 0.15) is 5.82 Å². The Morgan fingerprint density at radius 2 is 2.15 bits per heavy atom. The third-order valence-electron chi connectivity index (χ3n) is 3.69. The van der Waals surface area contributed by atoms with Gasteiger partial charge in [-0.15, -0.1) is 0 Å². The minimum atomic E-state index is -0.698. The van der Waals surface area contributed by atoms with E-state index < -0.39 is 6.10 Å². The Bertz CT molecular complexity index is 895. The van der Waals surface area contributed by atoms with Crippen LogP contribution in [0.1, 0.15) is 22.0 Å². The summed E-state index contributed by atoms with van der Waals surface area (Å²) in [5, 5.41) is 20.5. The second kappa shape index (κ2) is 7.99. The highest BCUT2D eigenvalue weighted by Gasteiger charge is 2.11. The van der Waals surface area contributed by atoms with Crippen LogP contribution in [0.25, 0.3) is 0 Å². The normalized spacial score (nSPS) is 11.8. The number of rotatable bonds is 6. The molecule has 2 aromatic heterocycles. The molecule has 0 fully saturated rings. The van der Waals surface area contributed by atoms with Gasteiger partial charge >= 0.3 is 0 Å². The summed E-state index contributed by atoms with van der Waals surface area (Å²) in [4.78, 5) is 16.4. The number of nitrogens with zero attached hydrogens (tertiary/aromatic N) is 3. The molecule has 8 heteroatoms. The molecule has 0 bridgehead atoms. The molecule has 1 aromatic carbocycles. The van der Waals surface area contributed by atoms with Crippen LogP contribution in [0.3, 0.4) is 0 Å². The van der Waals surface area contributed by atoms with Crippen LogP contribution in [0.15, 0.2) is 55.0 Å². The Morgan fingerprint density at radius 3 is 2.81 bits per heavy atom. The van der Waals surface area contributed by atoms with E-state index in [2.05, 4.69) is 20.7 Å². The molecule has 26 heavy (non-hydrogen) atoms. The number of hydrogen-bond acceptors (Lipinski definition) is 5. The molecule has 3 aromatic rings. The first-order chi connectivity index (χ1) is 12.5. The van der Waals surface area contributed by atoms with Gasteiger partial charge < -0.3 is 15.7 Å². The summed E-state index contributed by atoms with van der Waals surface area (Å²) in [7, 11) is 1.79. The number of benzene rings is 1. The zero-order valence-corrected chi connectivity index (χ0v) is 14.8. The third-order valence-corrected chi connectivity index (χ3v) is 3.93. The second-order valence-corrected chi connectivity index (χ2v) is 6.18. The maximum absolute atomic E-state index is 12.2. The first-order valence-electron chi connectivity index (χ1n) is 7.95. The molecule has 2 heterocycles. The summed E-state index contributed by atoms with van der Waals surface area (Å²) in [6, 6.07) is 10.3. The van der Waals surface area contributed by atoms with Crippen molar-refractivity contribution in [1.29, 1.82) is 0 Å². The zero-order chi connectivity index (χ0) is 18.5. The van der Waals surface area contributed by atoms with Gasteiger partial charge in [-0.3, -0.25) is 9.48 Å². The summed E-state index contributed by atoms with van der Waals surface area (Å²) in [6.07, 6.45) is 4.14. The second-order valence-electron chi connectivity index (χ2n) is 5.74. The Morgan fingerprint density at radius 1 is 1.31 bits per heavy atom. The molecule has 1 atom stereocenters. The molecule has 0 saturated heterocycles. The molecule has 7 nitrogen and oxygen atoms in total. The summed E-state index contributed by atoms with van der Waals surface area (Å²) in [6.45, 7) is 0.284. The number of aliphatic hydroxyl groups excluding tert-OH is 1. The minimum Gasteiger partial charge on any atom is -0.386 e. The molecule has 134 valence electrons. The average Bonchev–Trinajstić information content (AvgIpc) is 3.06. The van der Waals surface area contributed by atoms with Crippen LogP contribution >= 0.6 is 11.6 Å². The predicted octanol–water partition coefficient (Wildman–Crippen LogP) is 2.87. The van der Waals surface area contributed by atoms with Crippen molar-refractivity contribution in [2.24, 2.45) is 7.05 Å². The Balaban J connectivity index is 1.56. The number of amides is 1. The number of halogens is 1. The lowest BCUT2D eigenvalue weighted by Gasteiger charge is -2.11. The van der Waals surface area contributed by atoms with Gasteiger partial charge in [0, 0.05) is 42.3 Å². The van der Waals surface area contributed by atoms with Gasteiger partial charge in [-0.2, -0.15) is 5.10 Å². The molecule has 0 aliphatic carbocycles. The van der Waals surface area contributed by atoms with E-state index in [0.29, 0.717) is 22.1 Å². The molecule has 0 aliphatic heterocycles. The molecular weight excluding hydrogens is 354 g/mol. The van der Waals surface area contributed by atoms with Crippen LogP contribution in [0.4, 0.5) is 11.5 Å². The maximum atomic E-state index is 12.2. The Labute approximate surface area is 155 Å². The van der Waals surface area contributed by atoms with E-state index in [1.165, 1.54) is 6.20 Å². The SMILES string of the molecule is Cn1cc(C(O)CNc2ccc(C(=O)Nc3cccc(Cl)c3)cn2)cn1. The molecule has 3 N–H and O–H groups in total. The molecule has 3 rings (SSSR count). The fraction of sp³-hybridized carbons (Fsp3) is 0.167. The number of aromatic nitrogens is 3. The van der Waals surface area contributed by atoms with Gasteiger partial charge in [0.05, 0.1) is 17.9 Å². The van der Waals surface area contributed by atoms with E-state index in [-0.39, 0.29) is 12.5 Å². The van der Waals surface area contributed by atoms with E-state index in [9.17, 15) is 9.90 Å².